The summed E-state index contributed by atoms with van der Waals surface area (Å²) in [6, 6.07) is 5.83. The molecule has 20 heavy (non-hydrogen) atoms. The molecule has 0 fully saturated rings. The molecule has 1 heterocycles. The van der Waals surface area contributed by atoms with Gasteiger partial charge in [0.1, 0.15) is 11.9 Å². The smallest absolute Gasteiger partial charge is 0.292 e. The minimum Gasteiger partial charge on any atom is -0.372 e. The Kier molecular flexibility index (Phi) is 4.41. The molecule has 1 unspecified atom stereocenters. The molecule has 1 N–H and O–H groups in total. The highest BCUT2D eigenvalue weighted by Crippen LogP contribution is 2.12. The van der Waals surface area contributed by atoms with E-state index in [0.717, 1.165) is 5.56 Å². The van der Waals surface area contributed by atoms with Crippen molar-refractivity contribution in [3.8, 4) is 0 Å². The van der Waals surface area contributed by atoms with Crippen molar-refractivity contribution >= 4 is 5.91 Å². The van der Waals surface area contributed by atoms with Gasteiger partial charge in [-0.15, -0.1) is 0 Å². The molecule has 0 spiro atoms. The number of benzene rings is 1. The molecular weight excluding hydrogens is 265 g/mol. The standard InChI is InChI=1S/C13H14FN3O3/c1-8(19-2)13-16-11(17-20-13)12(18)15-7-9-3-5-10(14)6-4-9/h3-6,8H,7H2,1-2H3,(H,15,18). The maximum Gasteiger partial charge on any atom is 0.292 e. The second-order valence-electron chi connectivity index (χ2n) is 4.14. The first-order valence-corrected chi connectivity index (χ1v) is 5.99. The largest absolute Gasteiger partial charge is 0.372 e. The summed E-state index contributed by atoms with van der Waals surface area (Å²) in [5.74, 6) is -0.616. The zero-order valence-corrected chi connectivity index (χ0v) is 11.1. The molecule has 2 aromatic rings. The Hall–Kier alpha value is -2.28. The van der Waals surface area contributed by atoms with E-state index < -0.39 is 5.91 Å². The average Bonchev–Trinajstić information content (AvgIpc) is 2.95. The van der Waals surface area contributed by atoms with E-state index in [-0.39, 0.29) is 30.2 Å². The van der Waals surface area contributed by atoms with E-state index in [0.29, 0.717) is 0 Å². The minimum atomic E-state index is -0.465. The first-order chi connectivity index (χ1) is 9.60. The number of carbonyl (C=O) groups is 1. The van der Waals surface area contributed by atoms with Crippen LogP contribution in [0.1, 0.15) is 35.1 Å². The topological polar surface area (TPSA) is 77.2 Å². The van der Waals surface area contributed by atoms with E-state index in [2.05, 4.69) is 15.5 Å². The van der Waals surface area contributed by atoms with Crippen LogP contribution in [0.4, 0.5) is 4.39 Å². The van der Waals surface area contributed by atoms with E-state index in [4.69, 9.17) is 9.26 Å². The third kappa shape index (κ3) is 3.39. The quantitative estimate of drug-likeness (QED) is 0.903. The summed E-state index contributed by atoms with van der Waals surface area (Å²) >= 11 is 0. The Balaban J connectivity index is 1.94. The Morgan fingerprint density at radius 2 is 2.15 bits per heavy atom. The van der Waals surface area contributed by atoms with Crippen LogP contribution in [0.5, 0.6) is 0 Å². The Morgan fingerprint density at radius 1 is 1.45 bits per heavy atom. The number of aromatic nitrogens is 2. The number of rotatable bonds is 5. The van der Waals surface area contributed by atoms with Crippen molar-refractivity contribution in [1.29, 1.82) is 0 Å². The molecular formula is C13H14FN3O3. The summed E-state index contributed by atoms with van der Waals surface area (Å²) in [5.41, 5.74) is 0.772. The van der Waals surface area contributed by atoms with Crippen LogP contribution in [-0.4, -0.2) is 23.2 Å². The SMILES string of the molecule is COC(C)c1nc(C(=O)NCc2ccc(F)cc2)no1. The highest BCUT2D eigenvalue weighted by atomic mass is 19.1. The lowest BCUT2D eigenvalue weighted by Crippen LogP contribution is -2.24. The number of ether oxygens (including phenoxy) is 1. The fourth-order valence-electron chi connectivity index (χ4n) is 1.46. The van der Waals surface area contributed by atoms with Gasteiger partial charge in [-0.05, 0) is 24.6 Å². The van der Waals surface area contributed by atoms with Gasteiger partial charge in [0, 0.05) is 13.7 Å². The van der Waals surface area contributed by atoms with Crippen molar-refractivity contribution in [2.45, 2.75) is 19.6 Å². The fourth-order valence-corrected chi connectivity index (χ4v) is 1.46. The molecule has 0 radical (unpaired) electrons. The van der Waals surface area contributed by atoms with E-state index in [1.807, 2.05) is 0 Å². The number of nitrogens with one attached hydrogen (secondary N) is 1. The van der Waals surface area contributed by atoms with Crippen molar-refractivity contribution in [2.24, 2.45) is 0 Å². The highest BCUT2D eigenvalue weighted by molar-refractivity contribution is 5.90. The fraction of sp³-hybridized carbons (Fsp3) is 0.308. The van der Waals surface area contributed by atoms with Crippen LogP contribution in [0.25, 0.3) is 0 Å². The molecule has 1 atom stereocenters. The monoisotopic (exact) mass is 279 g/mol. The first-order valence-electron chi connectivity index (χ1n) is 5.99. The molecule has 0 aliphatic heterocycles. The second kappa shape index (κ2) is 6.25. The number of amides is 1. The van der Waals surface area contributed by atoms with Gasteiger partial charge in [0.15, 0.2) is 0 Å². The number of carbonyl (C=O) groups excluding carboxylic acids is 1. The summed E-state index contributed by atoms with van der Waals surface area (Å²) in [6.07, 6.45) is -0.374. The van der Waals surface area contributed by atoms with Crippen molar-refractivity contribution in [3.05, 3.63) is 47.4 Å². The molecule has 106 valence electrons. The third-order valence-corrected chi connectivity index (χ3v) is 2.71. The lowest BCUT2D eigenvalue weighted by atomic mass is 10.2. The normalized spacial score (nSPS) is 12.2. The summed E-state index contributed by atoms with van der Waals surface area (Å²) < 4.78 is 22.6. The number of halogens is 1. The van der Waals surface area contributed by atoms with Crippen LogP contribution in [0.15, 0.2) is 28.8 Å². The molecule has 0 aliphatic rings. The third-order valence-electron chi connectivity index (χ3n) is 2.71. The Bertz CT molecular complexity index is 583. The first kappa shape index (κ1) is 14.1. The number of methoxy groups -OCH3 is 1. The van der Waals surface area contributed by atoms with Gasteiger partial charge in [-0.1, -0.05) is 17.3 Å². The zero-order chi connectivity index (χ0) is 14.5. The lowest BCUT2D eigenvalue weighted by Gasteiger charge is -2.02. The molecule has 1 amide bonds. The molecule has 0 saturated carbocycles. The van der Waals surface area contributed by atoms with Crippen molar-refractivity contribution < 1.29 is 18.4 Å². The molecule has 7 heteroatoms. The van der Waals surface area contributed by atoms with Gasteiger partial charge in [0.25, 0.3) is 17.6 Å². The van der Waals surface area contributed by atoms with Gasteiger partial charge in [-0.3, -0.25) is 4.79 Å². The molecule has 2 rings (SSSR count). The lowest BCUT2D eigenvalue weighted by molar-refractivity contribution is 0.0884. The maximum atomic E-state index is 12.7. The van der Waals surface area contributed by atoms with Gasteiger partial charge >= 0.3 is 0 Å². The second-order valence-corrected chi connectivity index (χ2v) is 4.14. The number of nitrogens with zero attached hydrogens (tertiary/aromatic N) is 2. The molecule has 1 aromatic carbocycles. The van der Waals surface area contributed by atoms with Crippen LogP contribution in [0, 0.1) is 5.82 Å². The maximum absolute atomic E-state index is 12.7. The van der Waals surface area contributed by atoms with Gasteiger partial charge in [-0.25, -0.2) is 4.39 Å². The van der Waals surface area contributed by atoms with E-state index in [1.54, 1.807) is 19.1 Å². The van der Waals surface area contributed by atoms with Gasteiger partial charge in [0.05, 0.1) is 0 Å². The Labute approximate surface area is 114 Å². The molecule has 1 aromatic heterocycles. The van der Waals surface area contributed by atoms with Crippen LogP contribution in [-0.2, 0) is 11.3 Å². The van der Waals surface area contributed by atoms with Crippen molar-refractivity contribution in [2.75, 3.05) is 7.11 Å². The highest BCUT2D eigenvalue weighted by Gasteiger charge is 2.18. The predicted molar refractivity (Wildman–Crippen MR) is 67.3 cm³/mol. The van der Waals surface area contributed by atoms with Crippen LogP contribution >= 0.6 is 0 Å². The van der Waals surface area contributed by atoms with Crippen molar-refractivity contribution in [1.82, 2.24) is 15.5 Å². The van der Waals surface area contributed by atoms with Gasteiger partial charge in [-0.2, -0.15) is 4.98 Å². The van der Waals surface area contributed by atoms with Crippen molar-refractivity contribution in [3.63, 3.8) is 0 Å². The molecule has 0 bridgehead atoms. The summed E-state index contributed by atoms with van der Waals surface area (Å²) in [6.45, 7) is 1.98. The molecule has 0 aliphatic carbocycles. The van der Waals surface area contributed by atoms with E-state index in [9.17, 15) is 9.18 Å². The predicted octanol–water partition coefficient (Wildman–Crippen LogP) is 1.85. The summed E-state index contributed by atoms with van der Waals surface area (Å²) in [7, 11) is 1.50. The molecule has 0 saturated heterocycles. The minimum absolute atomic E-state index is 0.0639. The number of hydrogen-bond acceptors (Lipinski definition) is 5. The zero-order valence-electron chi connectivity index (χ0n) is 11.1. The van der Waals surface area contributed by atoms with Crippen LogP contribution in [0.2, 0.25) is 0 Å². The van der Waals surface area contributed by atoms with Crippen LogP contribution < -0.4 is 5.32 Å². The van der Waals surface area contributed by atoms with E-state index in [1.165, 1.54) is 19.2 Å². The Morgan fingerprint density at radius 3 is 2.80 bits per heavy atom. The number of hydrogen-bond donors (Lipinski definition) is 1. The summed E-state index contributed by atoms with van der Waals surface area (Å²) in [4.78, 5) is 15.7. The van der Waals surface area contributed by atoms with Gasteiger partial charge < -0.3 is 14.6 Å². The average molecular weight is 279 g/mol. The van der Waals surface area contributed by atoms with Crippen LogP contribution in [0.3, 0.4) is 0 Å². The van der Waals surface area contributed by atoms with E-state index >= 15 is 0 Å². The molecule has 6 nitrogen and oxygen atoms in total. The van der Waals surface area contributed by atoms with Gasteiger partial charge in [0.2, 0.25) is 0 Å². The summed E-state index contributed by atoms with van der Waals surface area (Å²) in [5, 5.41) is 6.19.